The van der Waals surface area contributed by atoms with Crippen LogP contribution in [0.1, 0.15) is 39.0 Å². The molecule has 1 aliphatic carbocycles. The molecule has 2 heteroatoms. The third-order valence-corrected chi connectivity index (χ3v) is 5.04. The van der Waals surface area contributed by atoms with E-state index in [-0.39, 0.29) is 0 Å². The van der Waals surface area contributed by atoms with Crippen molar-refractivity contribution >= 4 is 17.5 Å². The van der Waals surface area contributed by atoms with Gasteiger partial charge in [-0.15, -0.1) is 0 Å². The molecule has 74 valence electrons. The summed E-state index contributed by atoms with van der Waals surface area (Å²) in [5, 5.41) is 0.816. The number of hydrogen-bond acceptors (Lipinski definition) is 2. The Balaban J connectivity index is 1.89. The van der Waals surface area contributed by atoms with Crippen molar-refractivity contribution < 1.29 is 4.79 Å². The second-order valence-electron chi connectivity index (χ2n) is 4.38. The summed E-state index contributed by atoms with van der Waals surface area (Å²) in [6.45, 7) is 2.25. The molecule has 0 bridgehead atoms. The second kappa shape index (κ2) is 4.04. The molecule has 0 radical (unpaired) electrons. The molecule has 0 aromatic heterocycles. The highest BCUT2D eigenvalue weighted by Gasteiger charge is 2.42. The zero-order valence-corrected chi connectivity index (χ0v) is 9.11. The minimum absolute atomic E-state index is 0.525. The number of unbranched alkanes of at least 4 members (excludes halogenated alkanes) is 1. The van der Waals surface area contributed by atoms with Crippen LogP contribution in [0.4, 0.5) is 0 Å². The van der Waals surface area contributed by atoms with Crippen LogP contribution in [-0.4, -0.2) is 16.8 Å². The summed E-state index contributed by atoms with van der Waals surface area (Å²) in [7, 11) is 0. The van der Waals surface area contributed by atoms with E-state index in [0.29, 0.717) is 5.78 Å². The van der Waals surface area contributed by atoms with Crippen LogP contribution in [0.2, 0.25) is 0 Å². The molecule has 1 heterocycles. The first-order valence-corrected chi connectivity index (χ1v) is 6.49. The average molecular weight is 198 g/mol. The van der Waals surface area contributed by atoms with Crippen LogP contribution in [0.25, 0.3) is 0 Å². The smallest absolute Gasteiger partial charge is 0.133 e. The van der Waals surface area contributed by atoms with Gasteiger partial charge in [-0.3, -0.25) is 4.79 Å². The van der Waals surface area contributed by atoms with Crippen molar-refractivity contribution in [2.75, 3.05) is 5.75 Å². The average Bonchev–Trinajstić information content (AvgIpc) is 2.61. The second-order valence-corrected chi connectivity index (χ2v) is 5.66. The van der Waals surface area contributed by atoms with Crippen LogP contribution in [0.5, 0.6) is 0 Å². The summed E-state index contributed by atoms with van der Waals surface area (Å²) in [5.41, 5.74) is 0. The maximum Gasteiger partial charge on any atom is 0.133 e. The van der Waals surface area contributed by atoms with Crippen LogP contribution < -0.4 is 0 Å². The molecule has 0 N–H and O–H groups in total. The number of fused-ring (bicyclic) bond motifs is 1. The fourth-order valence-corrected chi connectivity index (χ4v) is 4.41. The van der Waals surface area contributed by atoms with E-state index in [1.54, 1.807) is 0 Å². The molecule has 1 nitrogen and oxygen atoms in total. The third kappa shape index (κ3) is 1.93. The Morgan fingerprint density at radius 3 is 3.08 bits per heavy atom. The molecular formula is C11H18OS. The molecule has 0 amide bonds. The molecule has 0 aromatic rings. The van der Waals surface area contributed by atoms with E-state index in [1.165, 1.54) is 25.0 Å². The van der Waals surface area contributed by atoms with E-state index in [0.717, 1.165) is 29.9 Å². The van der Waals surface area contributed by atoms with Crippen molar-refractivity contribution in [1.82, 2.24) is 0 Å². The van der Waals surface area contributed by atoms with Gasteiger partial charge in [0.25, 0.3) is 0 Å². The van der Waals surface area contributed by atoms with Gasteiger partial charge in [-0.2, -0.15) is 11.8 Å². The lowest BCUT2D eigenvalue weighted by atomic mass is 9.92. The highest BCUT2D eigenvalue weighted by molar-refractivity contribution is 8.00. The van der Waals surface area contributed by atoms with Gasteiger partial charge in [-0.25, -0.2) is 0 Å². The standard InChI is InChI=1S/C11H18OS/c1-2-3-4-11-10-6-9(12)5-8(10)7-13-11/h8,10-11H,2-7H2,1H3/t8-,10-,11?/m1/s1. The number of carbonyl (C=O) groups is 1. The molecule has 1 unspecified atom stereocenters. The lowest BCUT2D eigenvalue weighted by molar-refractivity contribution is -0.117. The lowest BCUT2D eigenvalue weighted by Gasteiger charge is -2.15. The minimum atomic E-state index is 0.525. The monoisotopic (exact) mass is 198 g/mol. The zero-order chi connectivity index (χ0) is 9.26. The number of rotatable bonds is 3. The third-order valence-electron chi connectivity index (χ3n) is 3.40. The van der Waals surface area contributed by atoms with Gasteiger partial charge in [0.1, 0.15) is 5.78 Å². The number of thioether (sulfide) groups is 1. The molecular weight excluding hydrogens is 180 g/mol. The van der Waals surface area contributed by atoms with Gasteiger partial charge in [0.05, 0.1) is 0 Å². The maximum absolute atomic E-state index is 11.3. The SMILES string of the molecule is CCCCC1SC[C@H]2CC(=O)C[C@@H]12. The number of ketones is 1. The Bertz CT molecular complexity index is 202. The lowest BCUT2D eigenvalue weighted by Crippen LogP contribution is -2.13. The number of carbonyl (C=O) groups excluding carboxylic acids is 1. The Morgan fingerprint density at radius 2 is 2.31 bits per heavy atom. The first kappa shape index (κ1) is 9.57. The maximum atomic E-state index is 11.3. The van der Waals surface area contributed by atoms with Gasteiger partial charge in [0.2, 0.25) is 0 Å². The van der Waals surface area contributed by atoms with E-state index in [9.17, 15) is 4.79 Å². The number of Topliss-reactive ketones (excluding diaryl/α,β-unsaturated/α-hetero) is 1. The summed E-state index contributed by atoms with van der Waals surface area (Å²) < 4.78 is 0. The first-order valence-electron chi connectivity index (χ1n) is 5.44. The highest BCUT2D eigenvalue weighted by Crippen LogP contribution is 2.47. The van der Waals surface area contributed by atoms with Crippen LogP contribution in [0.15, 0.2) is 0 Å². The topological polar surface area (TPSA) is 17.1 Å². The predicted octanol–water partition coefficient (Wildman–Crippen LogP) is 2.89. The quantitative estimate of drug-likeness (QED) is 0.693. The van der Waals surface area contributed by atoms with Crippen molar-refractivity contribution in [2.24, 2.45) is 11.8 Å². The molecule has 0 aromatic carbocycles. The molecule has 3 atom stereocenters. The Morgan fingerprint density at radius 1 is 1.46 bits per heavy atom. The molecule has 2 fully saturated rings. The molecule has 0 spiro atoms. The van der Waals surface area contributed by atoms with Crippen molar-refractivity contribution in [3.05, 3.63) is 0 Å². The fraction of sp³-hybridized carbons (Fsp3) is 0.909. The normalized spacial score (nSPS) is 38.2. The van der Waals surface area contributed by atoms with Gasteiger partial charge in [0.15, 0.2) is 0 Å². The highest BCUT2D eigenvalue weighted by atomic mass is 32.2. The number of hydrogen-bond donors (Lipinski definition) is 0. The first-order chi connectivity index (χ1) is 6.31. The summed E-state index contributed by atoms with van der Waals surface area (Å²) in [6.07, 6.45) is 5.76. The Kier molecular flexibility index (Phi) is 2.97. The van der Waals surface area contributed by atoms with Crippen LogP contribution in [0, 0.1) is 11.8 Å². The summed E-state index contributed by atoms with van der Waals surface area (Å²) in [6, 6.07) is 0. The van der Waals surface area contributed by atoms with E-state index in [2.05, 4.69) is 18.7 Å². The van der Waals surface area contributed by atoms with Crippen molar-refractivity contribution in [3.8, 4) is 0 Å². The molecule has 1 saturated carbocycles. The Hall–Kier alpha value is 0.0200. The largest absolute Gasteiger partial charge is 0.300 e. The summed E-state index contributed by atoms with van der Waals surface area (Å²) in [5.74, 6) is 3.28. The summed E-state index contributed by atoms with van der Waals surface area (Å²) >= 11 is 2.12. The zero-order valence-electron chi connectivity index (χ0n) is 8.29. The minimum Gasteiger partial charge on any atom is -0.300 e. The van der Waals surface area contributed by atoms with Gasteiger partial charge in [0, 0.05) is 18.1 Å². The van der Waals surface area contributed by atoms with Crippen LogP contribution in [0.3, 0.4) is 0 Å². The molecule has 2 rings (SSSR count). The van der Waals surface area contributed by atoms with E-state index in [1.807, 2.05) is 0 Å². The molecule has 2 aliphatic rings. The molecule has 13 heavy (non-hydrogen) atoms. The van der Waals surface area contributed by atoms with Gasteiger partial charge >= 0.3 is 0 Å². The van der Waals surface area contributed by atoms with Crippen molar-refractivity contribution in [3.63, 3.8) is 0 Å². The van der Waals surface area contributed by atoms with Gasteiger partial charge in [-0.1, -0.05) is 19.8 Å². The van der Waals surface area contributed by atoms with E-state index >= 15 is 0 Å². The Labute approximate surface area is 84.7 Å². The van der Waals surface area contributed by atoms with Crippen molar-refractivity contribution in [2.45, 2.75) is 44.3 Å². The van der Waals surface area contributed by atoms with E-state index in [4.69, 9.17) is 0 Å². The van der Waals surface area contributed by atoms with Crippen LogP contribution >= 0.6 is 11.8 Å². The van der Waals surface area contributed by atoms with E-state index < -0.39 is 0 Å². The fourth-order valence-electron chi connectivity index (χ4n) is 2.65. The summed E-state index contributed by atoms with van der Waals surface area (Å²) in [4.78, 5) is 11.3. The van der Waals surface area contributed by atoms with Crippen molar-refractivity contribution in [1.29, 1.82) is 0 Å². The molecule has 1 aliphatic heterocycles. The van der Waals surface area contributed by atoms with Crippen LogP contribution in [-0.2, 0) is 4.79 Å². The molecule has 1 saturated heterocycles. The van der Waals surface area contributed by atoms with Gasteiger partial charge < -0.3 is 0 Å². The van der Waals surface area contributed by atoms with Gasteiger partial charge in [-0.05, 0) is 24.0 Å². The predicted molar refractivity (Wildman–Crippen MR) is 57.0 cm³/mol.